The number of nitrogens with one attached hydrogen (secondary N) is 2. The lowest BCUT2D eigenvalue weighted by Crippen LogP contribution is -2.22. The lowest BCUT2D eigenvalue weighted by molar-refractivity contribution is -0.114. The van der Waals surface area contributed by atoms with Crippen molar-refractivity contribution in [2.45, 2.75) is 20.8 Å². The summed E-state index contributed by atoms with van der Waals surface area (Å²) >= 11 is 6.05. The first-order chi connectivity index (χ1) is 9.95. The fraction of sp³-hybridized carbons (Fsp3) is 0.235. The lowest BCUT2D eigenvalue weighted by Gasteiger charge is -2.11. The second-order valence-electron chi connectivity index (χ2n) is 5.18. The van der Waals surface area contributed by atoms with Crippen LogP contribution in [0.3, 0.4) is 0 Å². The molecule has 4 heteroatoms. The molecule has 0 aromatic heterocycles. The van der Waals surface area contributed by atoms with Crippen molar-refractivity contribution in [2.75, 3.05) is 17.2 Å². The van der Waals surface area contributed by atoms with Gasteiger partial charge in [0, 0.05) is 16.4 Å². The molecule has 3 nitrogen and oxygen atoms in total. The van der Waals surface area contributed by atoms with Gasteiger partial charge >= 0.3 is 0 Å². The molecule has 2 rings (SSSR count). The summed E-state index contributed by atoms with van der Waals surface area (Å²) in [6, 6.07) is 11.6. The first kappa shape index (κ1) is 15.4. The van der Waals surface area contributed by atoms with Crippen molar-refractivity contribution in [3.05, 3.63) is 58.1 Å². The van der Waals surface area contributed by atoms with E-state index in [4.69, 9.17) is 11.6 Å². The van der Waals surface area contributed by atoms with E-state index in [1.54, 1.807) is 0 Å². The molecule has 21 heavy (non-hydrogen) atoms. The van der Waals surface area contributed by atoms with Gasteiger partial charge in [-0.2, -0.15) is 0 Å². The summed E-state index contributed by atoms with van der Waals surface area (Å²) in [6.07, 6.45) is 0. The number of hydrogen-bond acceptors (Lipinski definition) is 2. The van der Waals surface area contributed by atoms with Crippen molar-refractivity contribution in [3.63, 3.8) is 0 Å². The Morgan fingerprint density at radius 2 is 1.81 bits per heavy atom. The van der Waals surface area contributed by atoms with Gasteiger partial charge in [0.05, 0.1) is 6.54 Å². The number of carbonyl (C=O) groups excluding carboxylic acids is 1. The van der Waals surface area contributed by atoms with E-state index < -0.39 is 0 Å². The van der Waals surface area contributed by atoms with Gasteiger partial charge in [0.15, 0.2) is 0 Å². The van der Waals surface area contributed by atoms with E-state index >= 15 is 0 Å². The number of rotatable bonds is 4. The highest BCUT2D eigenvalue weighted by atomic mass is 35.5. The molecular formula is C17H19ClN2O. The van der Waals surface area contributed by atoms with Gasteiger partial charge in [-0.15, -0.1) is 0 Å². The molecule has 110 valence electrons. The quantitative estimate of drug-likeness (QED) is 0.883. The third-order valence-electron chi connectivity index (χ3n) is 3.28. The van der Waals surface area contributed by atoms with Crippen LogP contribution in [0.15, 0.2) is 36.4 Å². The predicted molar refractivity (Wildman–Crippen MR) is 89.2 cm³/mol. The highest BCUT2D eigenvalue weighted by molar-refractivity contribution is 6.31. The van der Waals surface area contributed by atoms with E-state index in [2.05, 4.69) is 10.6 Å². The fourth-order valence-corrected chi connectivity index (χ4v) is 2.21. The van der Waals surface area contributed by atoms with E-state index in [-0.39, 0.29) is 12.5 Å². The Hall–Kier alpha value is -2.00. The minimum Gasteiger partial charge on any atom is -0.376 e. The Morgan fingerprint density at radius 1 is 1.05 bits per heavy atom. The summed E-state index contributed by atoms with van der Waals surface area (Å²) in [4.78, 5) is 12.0. The number of carbonyl (C=O) groups is 1. The molecule has 0 atom stereocenters. The molecule has 0 heterocycles. The number of halogens is 1. The van der Waals surface area contributed by atoms with Crippen LogP contribution in [0.1, 0.15) is 16.7 Å². The van der Waals surface area contributed by atoms with Crippen molar-refractivity contribution < 1.29 is 4.79 Å². The number of benzene rings is 2. The molecule has 0 aliphatic carbocycles. The summed E-state index contributed by atoms with van der Waals surface area (Å²) in [7, 11) is 0. The Labute approximate surface area is 130 Å². The normalized spacial score (nSPS) is 10.3. The summed E-state index contributed by atoms with van der Waals surface area (Å²) in [5.41, 5.74) is 4.93. The number of amides is 1. The van der Waals surface area contributed by atoms with Crippen LogP contribution in [0.2, 0.25) is 5.02 Å². The van der Waals surface area contributed by atoms with Crippen LogP contribution >= 0.6 is 11.6 Å². The molecule has 2 N–H and O–H groups in total. The molecule has 0 bridgehead atoms. The Morgan fingerprint density at radius 3 is 2.48 bits per heavy atom. The largest absolute Gasteiger partial charge is 0.376 e. The zero-order chi connectivity index (χ0) is 15.4. The fourth-order valence-electron chi connectivity index (χ4n) is 2.03. The maximum absolute atomic E-state index is 12.0. The molecule has 2 aromatic rings. The molecular weight excluding hydrogens is 284 g/mol. The predicted octanol–water partition coefficient (Wildman–Crippen LogP) is 4.32. The number of hydrogen-bond donors (Lipinski definition) is 2. The SMILES string of the molecule is Cc1ccc(NC(=O)CNc2ccc(C)c(Cl)c2)c(C)c1. The zero-order valence-electron chi connectivity index (χ0n) is 12.5. The average molecular weight is 303 g/mol. The summed E-state index contributed by atoms with van der Waals surface area (Å²) < 4.78 is 0. The average Bonchev–Trinajstić information content (AvgIpc) is 2.43. The Bertz CT molecular complexity index is 668. The second-order valence-corrected chi connectivity index (χ2v) is 5.59. The lowest BCUT2D eigenvalue weighted by atomic mass is 10.1. The first-order valence-electron chi connectivity index (χ1n) is 6.83. The highest BCUT2D eigenvalue weighted by Gasteiger charge is 2.05. The second kappa shape index (κ2) is 6.64. The molecule has 0 saturated heterocycles. The van der Waals surface area contributed by atoms with Crippen molar-refractivity contribution in [2.24, 2.45) is 0 Å². The van der Waals surface area contributed by atoms with E-state index in [0.717, 1.165) is 22.5 Å². The van der Waals surface area contributed by atoms with E-state index in [0.29, 0.717) is 5.02 Å². The first-order valence-corrected chi connectivity index (χ1v) is 7.20. The van der Waals surface area contributed by atoms with Gasteiger partial charge in [-0.1, -0.05) is 35.4 Å². The van der Waals surface area contributed by atoms with Crippen molar-refractivity contribution in [1.29, 1.82) is 0 Å². The van der Waals surface area contributed by atoms with Gasteiger partial charge in [-0.3, -0.25) is 4.79 Å². The standard InChI is InChI=1S/C17H19ClN2O/c1-11-4-7-16(13(3)8-11)20-17(21)10-19-14-6-5-12(2)15(18)9-14/h4-9,19H,10H2,1-3H3,(H,20,21). The zero-order valence-corrected chi connectivity index (χ0v) is 13.2. The molecule has 1 amide bonds. The molecule has 0 fully saturated rings. The molecule has 0 aliphatic heterocycles. The van der Waals surface area contributed by atoms with Gasteiger partial charge in [0.25, 0.3) is 0 Å². The third-order valence-corrected chi connectivity index (χ3v) is 3.69. The van der Waals surface area contributed by atoms with Gasteiger partial charge in [-0.25, -0.2) is 0 Å². The molecule has 2 aromatic carbocycles. The maximum atomic E-state index is 12.0. The van der Waals surface area contributed by atoms with Crippen molar-refractivity contribution >= 4 is 28.9 Å². The van der Waals surface area contributed by atoms with Crippen molar-refractivity contribution in [1.82, 2.24) is 0 Å². The summed E-state index contributed by atoms with van der Waals surface area (Å²) in [5.74, 6) is -0.0846. The molecule has 0 unspecified atom stereocenters. The van der Waals surface area contributed by atoms with Gasteiger partial charge in [0.1, 0.15) is 0 Å². The molecule has 0 saturated carbocycles. The van der Waals surface area contributed by atoms with E-state index in [1.807, 2.05) is 57.2 Å². The van der Waals surface area contributed by atoms with E-state index in [1.165, 1.54) is 5.56 Å². The minimum atomic E-state index is -0.0846. The smallest absolute Gasteiger partial charge is 0.243 e. The topological polar surface area (TPSA) is 41.1 Å². The molecule has 0 radical (unpaired) electrons. The summed E-state index contributed by atoms with van der Waals surface area (Å²) in [5, 5.41) is 6.66. The van der Waals surface area contributed by atoms with Crippen LogP contribution < -0.4 is 10.6 Å². The highest BCUT2D eigenvalue weighted by Crippen LogP contribution is 2.20. The number of aryl methyl sites for hydroxylation is 3. The van der Waals surface area contributed by atoms with Crippen LogP contribution in [-0.2, 0) is 4.79 Å². The van der Waals surface area contributed by atoms with Crippen LogP contribution in [-0.4, -0.2) is 12.5 Å². The Kier molecular flexibility index (Phi) is 4.86. The van der Waals surface area contributed by atoms with Crippen LogP contribution in [0.5, 0.6) is 0 Å². The van der Waals surface area contributed by atoms with Gasteiger partial charge in [-0.05, 0) is 50.1 Å². The van der Waals surface area contributed by atoms with Gasteiger partial charge in [0.2, 0.25) is 5.91 Å². The minimum absolute atomic E-state index is 0.0846. The van der Waals surface area contributed by atoms with Crippen LogP contribution in [0, 0.1) is 20.8 Å². The monoisotopic (exact) mass is 302 g/mol. The summed E-state index contributed by atoms with van der Waals surface area (Å²) in [6.45, 7) is 6.16. The molecule has 0 spiro atoms. The van der Waals surface area contributed by atoms with Crippen LogP contribution in [0.25, 0.3) is 0 Å². The third kappa shape index (κ3) is 4.23. The number of anilines is 2. The van der Waals surface area contributed by atoms with E-state index in [9.17, 15) is 4.79 Å². The Balaban J connectivity index is 1.94. The molecule has 0 aliphatic rings. The maximum Gasteiger partial charge on any atom is 0.243 e. The van der Waals surface area contributed by atoms with Crippen LogP contribution in [0.4, 0.5) is 11.4 Å². The van der Waals surface area contributed by atoms with Crippen molar-refractivity contribution in [3.8, 4) is 0 Å². The van der Waals surface area contributed by atoms with Gasteiger partial charge < -0.3 is 10.6 Å².